The van der Waals surface area contributed by atoms with Crippen molar-refractivity contribution in [3.63, 3.8) is 0 Å². The predicted molar refractivity (Wildman–Crippen MR) is 143 cm³/mol. The zero-order valence-electron chi connectivity index (χ0n) is 20.8. The highest BCUT2D eigenvalue weighted by Gasteiger charge is 2.18. The van der Waals surface area contributed by atoms with Crippen molar-refractivity contribution in [3.05, 3.63) is 95.7 Å². The third kappa shape index (κ3) is 5.35. The smallest absolute Gasteiger partial charge is 0.150 e. The Balaban J connectivity index is 1.95. The van der Waals surface area contributed by atoms with E-state index in [-0.39, 0.29) is 0 Å². The molecular formula is C28H32N6O. The van der Waals surface area contributed by atoms with Gasteiger partial charge in [-0.2, -0.15) is 0 Å². The highest BCUT2D eigenvalue weighted by molar-refractivity contribution is 6.09. The lowest BCUT2D eigenvalue weighted by molar-refractivity contribution is 0.210. The van der Waals surface area contributed by atoms with E-state index in [1.165, 1.54) is 5.56 Å². The molecule has 3 N–H and O–H groups in total. The lowest BCUT2D eigenvalue weighted by atomic mass is 9.92. The highest BCUT2D eigenvalue weighted by Crippen LogP contribution is 2.34. The van der Waals surface area contributed by atoms with E-state index in [0.717, 1.165) is 39.5 Å². The number of hydrogen-bond acceptors (Lipinski definition) is 6. The summed E-state index contributed by atoms with van der Waals surface area (Å²) in [4.78, 5) is 17.2. The van der Waals surface area contributed by atoms with Crippen molar-refractivity contribution in [1.82, 2.24) is 20.3 Å². The van der Waals surface area contributed by atoms with E-state index < -0.39 is 0 Å². The molecule has 4 rings (SSSR count). The molecule has 0 amide bonds. The molecule has 0 aliphatic carbocycles. The number of hydrogen-bond donors (Lipinski definition) is 3. The summed E-state index contributed by atoms with van der Waals surface area (Å²) in [5.41, 5.74) is 7.05. The van der Waals surface area contributed by atoms with E-state index >= 15 is 0 Å². The van der Waals surface area contributed by atoms with Crippen LogP contribution < -0.4 is 10.6 Å². The van der Waals surface area contributed by atoms with Gasteiger partial charge >= 0.3 is 0 Å². The van der Waals surface area contributed by atoms with Crippen molar-refractivity contribution in [2.45, 2.75) is 39.8 Å². The molecule has 3 heterocycles. The van der Waals surface area contributed by atoms with Crippen LogP contribution in [0.3, 0.4) is 0 Å². The molecule has 0 unspecified atom stereocenters. The van der Waals surface area contributed by atoms with Gasteiger partial charge in [0.1, 0.15) is 24.0 Å². The fraction of sp³-hybridized carbons (Fsp3) is 0.250. The minimum atomic E-state index is 0.327. The van der Waals surface area contributed by atoms with Gasteiger partial charge in [-0.3, -0.25) is 4.99 Å². The van der Waals surface area contributed by atoms with Crippen LogP contribution in [0.2, 0.25) is 0 Å². The van der Waals surface area contributed by atoms with Gasteiger partial charge in [-0.05, 0) is 53.8 Å². The van der Waals surface area contributed by atoms with Gasteiger partial charge in [-0.1, -0.05) is 39.1 Å². The fourth-order valence-corrected chi connectivity index (χ4v) is 4.07. The molecular weight excluding hydrogens is 436 g/mol. The van der Waals surface area contributed by atoms with Crippen LogP contribution in [0.4, 0.5) is 5.82 Å². The Morgan fingerprint density at radius 1 is 1.26 bits per heavy atom. The van der Waals surface area contributed by atoms with Gasteiger partial charge < -0.3 is 20.4 Å². The quantitative estimate of drug-likeness (QED) is 0.443. The minimum Gasteiger partial charge on any atom is -0.487 e. The summed E-state index contributed by atoms with van der Waals surface area (Å²) in [6, 6.07) is 8.39. The topological polar surface area (TPSA) is 87.2 Å². The molecule has 7 nitrogen and oxygen atoms in total. The third-order valence-corrected chi connectivity index (χ3v) is 5.95. The van der Waals surface area contributed by atoms with Gasteiger partial charge in [0.15, 0.2) is 0 Å². The maximum absolute atomic E-state index is 6.07. The van der Waals surface area contributed by atoms with Crippen LogP contribution >= 0.6 is 0 Å². The molecule has 0 saturated heterocycles. The summed E-state index contributed by atoms with van der Waals surface area (Å²) in [7, 11) is 1.83. The fourth-order valence-electron chi connectivity index (χ4n) is 4.07. The molecule has 2 aromatic heterocycles. The summed E-state index contributed by atoms with van der Waals surface area (Å²) in [6.07, 6.45) is 7.52. The van der Waals surface area contributed by atoms with Crippen molar-refractivity contribution in [3.8, 4) is 11.1 Å². The van der Waals surface area contributed by atoms with Gasteiger partial charge in [0.25, 0.3) is 0 Å². The van der Waals surface area contributed by atoms with Crippen LogP contribution in [0.15, 0.2) is 72.5 Å². The van der Waals surface area contributed by atoms with E-state index in [9.17, 15) is 0 Å². The van der Waals surface area contributed by atoms with Crippen molar-refractivity contribution in [2.24, 2.45) is 4.99 Å². The summed E-state index contributed by atoms with van der Waals surface area (Å²) < 4.78 is 6.07. The lowest BCUT2D eigenvalue weighted by Crippen LogP contribution is -2.15. The van der Waals surface area contributed by atoms with Gasteiger partial charge in [-0.25, -0.2) is 9.97 Å². The maximum atomic E-state index is 6.07. The molecule has 1 aliphatic heterocycles. The Kier molecular flexibility index (Phi) is 7.15. The second-order valence-corrected chi connectivity index (χ2v) is 8.71. The van der Waals surface area contributed by atoms with Gasteiger partial charge in [-0.15, -0.1) is 0 Å². The van der Waals surface area contributed by atoms with Crippen molar-refractivity contribution in [2.75, 3.05) is 12.4 Å². The molecule has 3 aromatic rings. The number of nitrogens with one attached hydrogen (secondary N) is 3. The van der Waals surface area contributed by atoms with E-state index in [1.807, 2.05) is 32.3 Å². The number of H-pyrrole nitrogens is 1. The Morgan fingerprint density at radius 3 is 2.83 bits per heavy atom. The monoisotopic (exact) mass is 468 g/mol. The molecule has 0 atom stereocenters. The first-order valence-electron chi connectivity index (χ1n) is 11.7. The molecule has 7 heteroatoms. The molecule has 0 fully saturated rings. The van der Waals surface area contributed by atoms with E-state index in [0.29, 0.717) is 36.5 Å². The number of anilines is 1. The van der Waals surface area contributed by atoms with Crippen molar-refractivity contribution >= 4 is 17.6 Å². The first-order chi connectivity index (χ1) is 16.9. The van der Waals surface area contributed by atoms with Crippen LogP contribution in [-0.2, 0) is 17.9 Å². The number of rotatable bonds is 5. The summed E-state index contributed by atoms with van der Waals surface area (Å²) in [6.45, 7) is 15.0. The summed E-state index contributed by atoms with van der Waals surface area (Å²) in [5, 5.41) is 6.36. The van der Waals surface area contributed by atoms with E-state index in [4.69, 9.17) is 9.73 Å². The van der Waals surface area contributed by atoms with Gasteiger partial charge in [0, 0.05) is 36.3 Å². The van der Waals surface area contributed by atoms with Gasteiger partial charge in [0.2, 0.25) is 0 Å². The molecule has 180 valence electrons. The Morgan fingerprint density at radius 2 is 2.09 bits per heavy atom. The van der Waals surface area contributed by atoms with E-state index in [1.54, 1.807) is 12.3 Å². The average Bonchev–Trinajstić information content (AvgIpc) is 3.27. The first-order valence-corrected chi connectivity index (χ1v) is 11.7. The summed E-state index contributed by atoms with van der Waals surface area (Å²) in [5.74, 6) is 3.17. The minimum absolute atomic E-state index is 0.327. The number of allylic oxidation sites excluding steroid dienone is 1. The predicted octanol–water partition coefficient (Wildman–Crippen LogP) is 5.76. The second kappa shape index (κ2) is 10.4. The SMILES string of the molecule is C=C/C1=C\c2cc(ccc2C(C)C)-c2c[nH]c(NC(=C)NC)c2C(C)=NCc2nccc(n2)CO1. The third-order valence-electron chi connectivity index (χ3n) is 5.95. The number of aromatic amines is 1. The summed E-state index contributed by atoms with van der Waals surface area (Å²) >= 11 is 0. The number of benzene rings is 1. The Bertz CT molecular complexity index is 1310. The first kappa shape index (κ1) is 24.0. The Labute approximate surface area is 206 Å². The Hall–Kier alpha value is -4.13. The largest absolute Gasteiger partial charge is 0.487 e. The molecule has 1 aliphatic rings. The molecule has 0 spiro atoms. The van der Waals surface area contributed by atoms with Crippen LogP contribution in [-0.4, -0.2) is 27.7 Å². The zero-order valence-corrected chi connectivity index (χ0v) is 20.8. The molecule has 4 bridgehead atoms. The number of nitrogens with zero attached hydrogens (tertiary/aromatic N) is 3. The van der Waals surface area contributed by atoms with Crippen LogP contribution in [0.1, 0.15) is 54.9 Å². The number of aromatic nitrogens is 3. The highest BCUT2D eigenvalue weighted by atomic mass is 16.5. The van der Waals surface area contributed by atoms with Crippen LogP contribution in [0.5, 0.6) is 0 Å². The number of aliphatic imine (C=N–C) groups is 1. The van der Waals surface area contributed by atoms with Crippen molar-refractivity contribution < 1.29 is 4.74 Å². The molecule has 1 aromatic carbocycles. The van der Waals surface area contributed by atoms with Gasteiger partial charge in [0.05, 0.1) is 18.1 Å². The molecule has 0 saturated carbocycles. The van der Waals surface area contributed by atoms with Crippen LogP contribution in [0, 0.1) is 0 Å². The maximum Gasteiger partial charge on any atom is 0.150 e. The lowest BCUT2D eigenvalue weighted by Gasteiger charge is -2.15. The standard InChI is InChI=1S/C28H32N6O/c1-7-23-13-21-12-20(8-9-24(21)17(2)3)25-14-32-28(33-19(5)29-6)27(25)18(4)31-15-26-30-11-10-22(34-26)16-35-23/h7-14,17,29,32-33H,1,5,15-16H2,2-4,6H3/b23-13+,31-18?. The van der Waals surface area contributed by atoms with Crippen LogP contribution in [0.25, 0.3) is 17.2 Å². The van der Waals surface area contributed by atoms with Crippen molar-refractivity contribution in [1.29, 1.82) is 0 Å². The number of fused-ring (bicyclic) bond motifs is 6. The normalized spacial score (nSPS) is 14.9. The molecule has 0 radical (unpaired) electrons. The average molecular weight is 469 g/mol. The second-order valence-electron chi connectivity index (χ2n) is 8.71. The van der Waals surface area contributed by atoms with E-state index in [2.05, 4.69) is 70.8 Å². The number of ether oxygens (including phenoxy) is 1. The zero-order chi connectivity index (χ0) is 24.9. The molecule has 35 heavy (non-hydrogen) atoms.